The molecule has 2 aromatic carbocycles. The number of sulfonamides is 1. The van der Waals surface area contributed by atoms with Crippen molar-refractivity contribution in [3.8, 4) is 5.75 Å². The van der Waals surface area contributed by atoms with Crippen molar-refractivity contribution in [2.45, 2.75) is 51.2 Å². The van der Waals surface area contributed by atoms with E-state index in [4.69, 9.17) is 16.3 Å². The van der Waals surface area contributed by atoms with Crippen LogP contribution >= 0.6 is 11.6 Å². The Balaban J connectivity index is 1.97. The largest absolute Gasteiger partial charge is 0.495 e. The third kappa shape index (κ3) is 7.35. The normalized spacial score (nSPS) is 14.5. The maximum atomic E-state index is 13.7. The standard InChI is InChI=1S/C25H31ClN4O7S/c1-17(25(32)27-20-9-4-5-10-20)28(15-18-7-6-8-19(26)13-18)24(31)16-29(38(3,35)36)22-14-21(30(33)34)11-12-23(22)37-2/h6-8,11-14,17,20H,4-5,9-10,15-16H2,1-3H3,(H,27,32)/t17-/m0/s1. The van der Waals surface area contributed by atoms with Crippen LogP contribution in [0.5, 0.6) is 5.75 Å². The Morgan fingerprint density at radius 2 is 1.89 bits per heavy atom. The molecule has 0 bridgehead atoms. The van der Waals surface area contributed by atoms with Gasteiger partial charge in [0, 0.05) is 29.7 Å². The van der Waals surface area contributed by atoms with E-state index in [0.717, 1.165) is 42.3 Å². The first-order valence-electron chi connectivity index (χ1n) is 12.0. The predicted molar refractivity (Wildman–Crippen MR) is 144 cm³/mol. The molecule has 1 aliphatic carbocycles. The van der Waals surface area contributed by atoms with E-state index in [1.807, 2.05) is 0 Å². The third-order valence-electron chi connectivity index (χ3n) is 6.43. The summed E-state index contributed by atoms with van der Waals surface area (Å²) >= 11 is 6.12. The first-order valence-corrected chi connectivity index (χ1v) is 14.3. The minimum absolute atomic E-state index is 0.0116. The number of carbonyl (C=O) groups is 2. The molecule has 0 aromatic heterocycles. The number of methoxy groups -OCH3 is 1. The van der Waals surface area contributed by atoms with Gasteiger partial charge in [0.2, 0.25) is 21.8 Å². The van der Waals surface area contributed by atoms with Crippen molar-refractivity contribution in [3.63, 3.8) is 0 Å². The second-order valence-corrected chi connectivity index (χ2v) is 11.5. The van der Waals surface area contributed by atoms with Crippen LogP contribution in [0.15, 0.2) is 42.5 Å². The molecule has 3 rings (SSSR count). The van der Waals surface area contributed by atoms with Crippen LogP contribution in [0.2, 0.25) is 5.02 Å². The number of non-ortho nitro benzene ring substituents is 1. The van der Waals surface area contributed by atoms with Gasteiger partial charge < -0.3 is 15.0 Å². The molecule has 38 heavy (non-hydrogen) atoms. The molecule has 0 spiro atoms. The second kappa shape index (κ2) is 12.4. The summed E-state index contributed by atoms with van der Waals surface area (Å²) in [6.07, 6.45) is 4.62. The Labute approximate surface area is 226 Å². The maximum Gasteiger partial charge on any atom is 0.271 e. The number of halogens is 1. The van der Waals surface area contributed by atoms with Crippen molar-refractivity contribution >= 4 is 44.8 Å². The van der Waals surface area contributed by atoms with Gasteiger partial charge in [0.15, 0.2) is 0 Å². The molecule has 13 heteroatoms. The van der Waals surface area contributed by atoms with Gasteiger partial charge in [0.1, 0.15) is 24.0 Å². The van der Waals surface area contributed by atoms with Gasteiger partial charge in [-0.05, 0) is 43.5 Å². The highest BCUT2D eigenvalue weighted by atomic mass is 35.5. The number of benzene rings is 2. The van der Waals surface area contributed by atoms with E-state index < -0.39 is 33.4 Å². The van der Waals surface area contributed by atoms with Crippen molar-refractivity contribution < 1.29 is 27.7 Å². The van der Waals surface area contributed by atoms with Crippen LogP contribution in [-0.2, 0) is 26.2 Å². The molecule has 0 heterocycles. The fourth-order valence-electron chi connectivity index (χ4n) is 4.39. The summed E-state index contributed by atoms with van der Waals surface area (Å²) in [5, 5.41) is 14.8. The molecule has 1 N–H and O–H groups in total. The fourth-order valence-corrected chi connectivity index (χ4v) is 5.45. The van der Waals surface area contributed by atoms with Gasteiger partial charge in [-0.3, -0.25) is 24.0 Å². The number of nitrogens with zero attached hydrogens (tertiary/aromatic N) is 3. The number of nitro groups is 1. The molecule has 0 unspecified atom stereocenters. The number of nitro benzene ring substituents is 1. The lowest BCUT2D eigenvalue weighted by atomic mass is 10.1. The van der Waals surface area contributed by atoms with E-state index in [1.165, 1.54) is 24.1 Å². The molecule has 1 aliphatic rings. The van der Waals surface area contributed by atoms with Gasteiger partial charge >= 0.3 is 0 Å². The Kier molecular flexibility index (Phi) is 9.55. The lowest BCUT2D eigenvalue weighted by Gasteiger charge is -2.32. The van der Waals surface area contributed by atoms with Crippen molar-refractivity contribution in [3.05, 3.63) is 63.2 Å². The molecule has 1 atom stereocenters. The van der Waals surface area contributed by atoms with Gasteiger partial charge in [-0.25, -0.2) is 8.42 Å². The molecule has 11 nitrogen and oxygen atoms in total. The second-order valence-electron chi connectivity index (χ2n) is 9.20. The Hall–Kier alpha value is -3.38. The van der Waals surface area contributed by atoms with Crippen LogP contribution in [0, 0.1) is 10.1 Å². The van der Waals surface area contributed by atoms with Crippen molar-refractivity contribution in [2.24, 2.45) is 0 Å². The molecule has 2 amide bonds. The summed E-state index contributed by atoms with van der Waals surface area (Å²) in [6.45, 7) is 0.853. The summed E-state index contributed by atoms with van der Waals surface area (Å²) in [6, 6.07) is 9.33. The molecule has 1 saturated carbocycles. The minimum Gasteiger partial charge on any atom is -0.495 e. The summed E-state index contributed by atoms with van der Waals surface area (Å²) in [4.78, 5) is 38.8. The first-order chi connectivity index (χ1) is 17.9. The van der Waals surface area contributed by atoms with Crippen LogP contribution < -0.4 is 14.4 Å². The molecule has 0 radical (unpaired) electrons. The molecular formula is C25H31ClN4O7S. The number of anilines is 1. The monoisotopic (exact) mass is 566 g/mol. The minimum atomic E-state index is -4.10. The SMILES string of the molecule is COc1ccc([N+](=O)[O-])cc1N(CC(=O)N(Cc1cccc(Cl)c1)[C@@H](C)C(=O)NC1CCCC1)S(C)(=O)=O. The van der Waals surface area contributed by atoms with E-state index in [-0.39, 0.29) is 35.6 Å². The lowest BCUT2D eigenvalue weighted by Crippen LogP contribution is -2.52. The van der Waals surface area contributed by atoms with Gasteiger partial charge in [-0.1, -0.05) is 36.6 Å². The van der Waals surface area contributed by atoms with Gasteiger partial charge in [0.05, 0.1) is 18.3 Å². The smallest absolute Gasteiger partial charge is 0.271 e. The number of hydrogen-bond acceptors (Lipinski definition) is 7. The zero-order valence-corrected chi connectivity index (χ0v) is 23.0. The quantitative estimate of drug-likeness (QED) is 0.324. The third-order valence-corrected chi connectivity index (χ3v) is 7.79. The lowest BCUT2D eigenvalue weighted by molar-refractivity contribution is -0.384. The topological polar surface area (TPSA) is 139 Å². The van der Waals surface area contributed by atoms with Crippen LogP contribution in [0.1, 0.15) is 38.2 Å². The van der Waals surface area contributed by atoms with E-state index in [1.54, 1.807) is 31.2 Å². The Morgan fingerprint density at radius 1 is 1.21 bits per heavy atom. The number of ether oxygens (including phenoxy) is 1. The van der Waals surface area contributed by atoms with Gasteiger partial charge in [-0.15, -0.1) is 0 Å². The van der Waals surface area contributed by atoms with E-state index in [2.05, 4.69) is 5.32 Å². The average molecular weight is 567 g/mol. The Morgan fingerprint density at radius 3 is 2.47 bits per heavy atom. The van der Waals surface area contributed by atoms with Crippen LogP contribution in [0.4, 0.5) is 11.4 Å². The van der Waals surface area contributed by atoms with E-state index in [9.17, 15) is 28.1 Å². The molecule has 2 aromatic rings. The van der Waals surface area contributed by atoms with E-state index >= 15 is 0 Å². The summed E-state index contributed by atoms with van der Waals surface area (Å²) in [5.74, 6) is -1.01. The highest BCUT2D eigenvalue weighted by Gasteiger charge is 2.33. The zero-order chi connectivity index (χ0) is 28.0. The zero-order valence-electron chi connectivity index (χ0n) is 21.4. The molecule has 0 saturated heterocycles. The van der Waals surface area contributed by atoms with Crippen molar-refractivity contribution in [1.82, 2.24) is 10.2 Å². The van der Waals surface area contributed by atoms with Crippen LogP contribution in [0.3, 0.4) is 0 Å². The summed E-state index contributed by atoms with van der Waals surface area (Å²) < 4.78 is 31.6. The molecule has 206 valence electrons. The molecule has 1 fully saturated rings. The van der Waals surface area contributed by atoms with Crippen molar-refractivity contribution in [1.29, 1.82) is 0 Å². The first kappa shape index (κ1) is 29.2. The van der Waals surface area contributed by atoms with Crippen LogP contribution in [0.25, 0.3) is 0 Å². The number of rotatable bonds is 11. The number of hydrogen-bond donors (Lipinski definition) is 1. The van der Waals surface area contributed by atoms with Gasteiger partial charge in [-0.2, -0.15) is 0 Å². The summed E-state index contributed by atoms with van der Waals surface area (Å²) in [7, 11) is -2.82. The molecular weight excluding hydrogens is 536 g/mol. The average Bonchev–Trinajstić information content (AvgIpc) is 3.37. The van der Waals surface area contributed by atoms with Crippen LogP contribution in [-0.4, -0.2) is 62.0 Å². The van der Waals surface area contributed by atoms with Gasteiger partial charge in [0.25, 0.3) is 5.69 Å². The maximum absolute atomic E-state index is 13.7. The highest BCUT2D eigenvalue weighted by Crippen LogP contribution is 2.34. The number of carbonyl (C=O) groups excluding carboxylic acids is 2. The Bertz CT molecular complexity index is 1300. The number of nitrogens with one attached hydrogen (secondary N) is 1. The van der Waals surface area contributed by atoms with E-state index in [0.29, 0.717) is 10.6 Å². The molecule has 0 aliphatic heterocycles. The fraction of sp³-hybridized carbons (Fsp3) is 0.440. The predicted octanol–water partition coefficient (Wildman–Crippen LogP) is 3.50. The number of amides is 2. The van der Waals surface area contributed by atoms with Crippen molar-refractivity contribution in [2.75, 3.05) is 24.2 Å². The highest BCUT2D eigenvalue weighted by molar-refractivity contribution is 7.92. The summed E-state index contributed by atoms with van der Waals surface area (Å²) in [5.41, 5.74) is 0.107.